The van der Waals surface area contributed by atoms with Crippen molar-refractivity contribution in [1.29, 1.82) is 0 Å². The molecular weight excluding hydrogens is 272 g/mol. The third-order valence-corrected chi connectivity index (χ3v) is 4.15. The summed E-state index contributed by atoms with van der Waals surface area (Å²) >= 11 is 1.85. The molecule has 20 heavy (non-hydrogen) atoms. The second kappa shape index (κ2) is 7.76. The topological polar surface area (TPSA) is 47.7 Å². The Kier molecular flexibility index (Phi) is 6.01. The summed E-state index contributed by atoms with van der Waals surface area (Å²) < 4.78 is 11.4. The van der Waals surface area contributed by atoms with Crippen LogP contribution < -0.4 is 15.2 Å². The van der Waals surface area contributed by atoms with Gasteiger partial charge >= 0.3 is 0 Å². The third kappa shape index (κ3) is 3.81. The van der Waals surface area contributed by atoms with Crippen LogP contribution in [-0.4, -0.2) is 50.3 Å². The van der Waals surface area contributed by atoms with Crippen molar-refractivity contribution in [2.24, 2.45) is 5.73 Å². The van der Waals surface area contributed by atoms with E-state index >= 15 is 0 Å². The van der Waals surface area contributed by atoms with Gasteiger partial charge in [-0.15, -0.1) is 0 Å². The van der Waals surface area contributed by atoms with Crippen LogP contribution in [0.25, 0.3) is 0 Å². The summed E-state index contributed by atoms with van der Waals surface area (Å²) in [6.45, 7) is 3.06. The average molecular weight is 296 g/mol. The molecular formula is C15H24N2O2S. The van der Waals surface area contributed by atoms with Crippen LogP contribution in [0.2, 0.25) is 0 Å². The zero-order valence-electron chi connectivity index (χ0n) is 12.3. The van der Waals surface area contributed by atoms with Crippen molar-refractivity contribution in [3.05, 3.63) is 23.8 Å². The van der Waals surface area contributed by atoms with Crippen molar-refractivity contribution < 1.29 is 9.47 Å². The van der Waals surface area contributed by atoms with Crippen LogP contribution >= 0.6 is 11.8 Å². The molecule has 4 nitrogen and oxygen atoms in total. The van der Waals surface area contributed by atoms with Crippen LogP contribution in [0.4, 0.5) is 0 Å². The van der Waals surface area contributed by atoms with Crippen LogP contribution in [-0.2, 0) is 0 Å². The second-order valence-corrected chi connectivity index (χ2v) is 5.97. The van der Waals surface area contributed by atoms with Gasteiger partial charge in [-0.3, -0.25) is 4.90 Å². The molecule has 1 atom stereocenters. The minimum absolute atomic E-state index is 0.222. The molecule has 1 unspecified atom stereocenters. The number of thioether (sulfide) groups is 1. The molecule has 1 aromatic carbocycles. The van der Waals surface area contributed by atoms with Crippen LogP contribution in [0.1, 0.15) is 18.0 Å². The zero-order chi connectivity index (χ0) is 14.4. The van der Waals surface area contributed by atoms with Crippen LogP contribution in [0.15, 0.2) is 18.2 Å². The van der Waals surface area contributed by atoms with Gasteiger partial charge in [0.05, 0.1) is 13.2 Å². The predicted octanol–water partition coefficient (Wildman–Crippen LogP) is 2.14. The molecule has 2 rings (SSSR count). The van der Waals surface area contributed by atoms with E-state index in [0.717, 1.165) is 36.8 Å². The third-order valence-electron chi connectivity index (χ3n) is 3.56. The number of nitrogens with zero attached hydrogens (tertiary/aromatic N) is 1. The van der Waals surface area contributed by atoms with Crippen molar-refractivity contribution in [3.63, 3.8) is 0 Å². The van der Waals surface area contributed by atoms with Crippen LogP contribution in [0.5, 0.6) is 11.5 Å². The van der Waals surface area contributed by atoms with E-state index in [2.05, 4.69) is 30.3 Å². The quantitative estimate of drug-likeness (QED) is 0.871. The zero-order valence-corrected chi connectivity index (χ0v) is 13.1. The van der Waals surface area contributed by atoms with Gasteiger partial charge in [-0.05, 0) is 31.0 Å². The molecule has 0 aliphatic carbocycles. The number of rotatable bonds is 6. The molecule has 112 valence electrons. The van der Waals surface area contributed by atoms with Crippen LogP contribution in [0, 0.1) is 0 Å². The highest BCUT2D eigenvalue weighted by molar-refractivity contribution is 7.98. The number of benzene rings is 1. The molecule has 1 aromatic rings. The minimum atomic E-state index is 0.222. The minimum Gasteiger partial charge on any atom is -0.490 e. The summed E-state index contributed by atoms with van der Waals surface area (Å²) in [5.74, 6) is 2.79. The molecule has 1 aliphatic heterocycles. The van der Waals surface area contributed by atoms with Gasteiger partial charge < -0.3 is 15.2 Å². The molecule has 0 bridgehead atoms. The molecule has 0 amide bonds. The molecule has 1 aliphatic rings. The Morgan fingerprint density at radius 1 is 1.30 bits per heavy atom. The lowest BCUT2D eigenvalue weighted by Crippen LogP contribution is -2.32. The Labute approximate surface area is 125 Å². The Bertz CT molecular complexity index is 428. The lowest BCUT2D eigenvalue weighted by Gasteiger charge is -2.27. The van der Waals surface area contributed by atoms with E-state index in [4.69, 9.17) is 15.2 Å². The predicted molar refractivity (Wildman–Crippen MR) is 84.9 cm³/mol. The average Bonchev–Trinajstić information content (AvgIpc) is 2.70. The van der Waals surface area contributed by atoms with Gasteiger partial charge in [-0.25, -0.2) is 0 Å². The standard InChI is InChI=1S/C15H24N2O2S/c1-17(6-9-20-2)13(11-16)12-4-5-14-15(10-12)19-8-3-7-18-14/h4-5,10,13H,3,6-9,11,16H2,1-2H3. The number of ether oxygens (including phenoxy) is 2. The number of hydrogen-bond acceptors (Lipinski definition) is 5. The number of fused-ring (bicyclic) bond motifs is 1. The Morgan fingerprint density at radius 2 is 2.05 bits per heavy atom. The Morgan fingerprint density at radius 3 is 2.75 bits per heavy atom. The van der Waals surface area contributed by atoms with Gasteiger partial charge in [0, 0.05) is 31.3 Å². The first kappa shape index (κ1) is 15.5. The normalized spacial score (nSPS) is 16.0. The molecule has 0 fully saturated rings. The summed E-state index contributed by atoms with van der Waals surface area (Å²) in [5.41, 5.74) is 7.16. The maximum atomic E-state index is 5.96. The molecule has 0 saturated carbocycles. The van der Waals surface area contributed by atoms with E-state index < -0.39 is 0 Å². The summed E-state index contributed by atoms with van der Waals surface area (Å²) in [5, 5.41) is 0. The van der Waals surface area contributed by atoms with Gasteiger partial charge in [-0.2, -0.15) is 11.8 Å². The molecule has 5 heteroatoms. The number of hydrogen-bond donors (Lipinski definition) is 1. The largest absolute Gasteiger partial charge is 0.490 e. The molecule has 2 N–H and O–H groups in total. The second-order valence-electron chi connectivity index (χ2n) is 4.98. The summed E-state index contributed by atoms with van der Waals surface area (Å²) in [6, 6.07) is 6.40. The lowest BCUT2D eigenvalue weighted by molar-refractivity contribution is 0.264. The summed E-state index contributed by atoms with van der Waals surface area (Å²) in [6.07, 6.45) is 3.05. The van der Waals surface area contributed by atoms with E-state index in [0.29, 0.717) is 13.2 Å². The van der Waals surface area contributed by atoms with Gasteiger partial charge in [-0.1, -0.05) is 6.07 Å². The van der Waals surface area contributed by atoms with Crippen molar-refractivity contribution in [3.8, 4) is 11.5 Å². The molecule has 0 aromatic heterocycles. The molecule has 0 saturated heterocycles. The fourth-order valence-corrected chi connectivity index (χ4v) is 2.82. The van der Waals surface area contributed by atoms with E-state index in [1.807, 2.05) is 17.8 Å². The maximum absolute atomic E-state index is 5.96. The monoisotopic (exact) mass is 296 g/mol. The Balaban J connectivity index is 2.15. The lowest BCUT2D eigenvalue weighted by atomic mass is 10.0. The van der Waals surface area contributed by atoms with Crippen molar-refractivity contribution in [2.45, 2.75) is 12.5 Å². The first-order valence-electron chi connectivity index (χ1n) is 7.05. The highest BCUT2D eigenvalue weighted by Gasteiger charge is 2.18. The van der Waals surface area contributed by atoms with Gasteiger partial charge in [0.1, 0.15) is 0 Å². The van der Waals surface area contributed by atoms with Gasteiger partial charge in [0.25, 0.3) is 0 Å². The molecule has 1 heterocycles. The molecule has 0 radical (unpaired) electrons. The van der Waals surface area contributed by atoms with Crippen LogP contribution in [0.3, 0.4) is 0 Å². The fraction of sp³-hybridized carbons (Fsp3) is 0.600. The summed E-state index contributed by atoms with van der Waals surface area (Å²) in [4.78, 5) is 2.30. The Hall–Kier alpha value is -0.910. The van der Waals surface area contributed by atoms with Gasteiger partial charge in [0.2, 0.25) is 0 Å². The van der Waals surface area contributed by atoms with Crippen molar-refractivity contribution in [1.82, 2.24) is 4.90 Å². The first-order chi connectivity index (χ1) is 9.76. The molecule has 0 spiro atoms. The van der Waals surface area contributed by atoms with E-state index in [1.54, 1.807) is 0 Å². The number of likely N-dealkylation sites (N-methyl/N-ethyl adjacent to an activating group) is 1. The van der Waals surface area contributed by atoms with Crippen molar-refractivity contribution in [2.75, 3.05) is 45.4 Å². The van der Waals surface area contributed by atoms with Crippen molar-refractivity contribution >= 4 is 11.8 Å². The van der Waals surface area contributed by atoms with Gasteiger partial charge in [0.15, 0.2) is 11.5 Å². The fourth-order valence-electron chi connectivity index (χ4n) is 2.35. The van der Waals surface area contributed by atoms with E-state index in [-0.39, 0.29) is 6.04 Å². The van der Waals surface area contributed by atoms with E-state index in [9.17, 15) is 0 Å². The number of nitrogens with two attached hydrogens (primary N) is 1. The SMILES string of the molecule is CSCCN(C)C(CN)c1ccc2c(c1)OCCCO2. The van der Waals surface area contributed by atoms with E-state index in [1.165, 1.54) is 5.56 Å². The maximum Gasteiger partial charge on any atom is 0.161 e. The highest BCUT2D eigenvalue weighted by Crippen LogP contribution is 2.33. The first-order valence-corrected chi connectivity index (χ1v) is 8.44. The summed E-state index contributed by atoms with van der Waals surface area (Å²) in [7, 11) is 2.12. The highest BCUT2D eigenvalue weighted by atomic mass is 32.2. The smallest absolute Gasteiger partial charge is 0.161 e.